The van der Waals surface area contributed by atoms with Gasteiger partial charge < -0.3 is 31.9 Å². The van der Waals surface area contributed by atoms with Crippen LogP contribution in [-0.4, -0.2) is 64.5 Å². The van der Waals surface area contributed by atoms with Crippen LogP contribution < -0.4 is 21.7 Å². The summed E-state index contributed by atoms with van der Waals surface area (Å²) in [7, 11) is 0. The Morgan fingerprint density at radius 2 is 1.59 bits per heavy atom. The second-order valence-corrected chi connectivity index (χ2v) is 6.27. The quantitative estimate of drug-likeness (QED) is 0.231. The lowest BCUT2D eigenvalue weighted by Crippen LogP contribution is -2.55. The van der Waals surface area contributed by atoms with Gasteiger partial charge >= 0.3 is 11.9 Å². The van der Waals surface area contributed by atoms with Gasteiger partial charge in [0.05, 0.1) is 12.6 Å². The molecule has 0 aromatic rings. The lowest BCUT2D eigenvalue weighted by atomic mass is 9.98. The van der Waals surface area contributed by atoms with E-state index in [2.05, 4.69) is 16.0 Å². The summed E-state index contributed by atoms with van der Waals surface area (Å²) in [6, 6.07) is -3.09. The van der Waals surface area contributed by atoms with E-state index in [1.807, 2.05) is 6.92 Å². The van der Waals surface area contributed by atoms with Crippen molar-refractivity contribution in [3.05, 3.63) is 0 Å². The van der Waals surface area contributed by atoms with Gasteiger partial charge in [-0.05, 0) is 19.3 Å². The molecule has 0 aromatic carbocycles. The molecule has 0 aromatic heterocycles. The number of carboxylic acids is 2. The zero-order valence-electron chi connectivity index (χ0n) is 15.7. The van der Waals surface area contributed by atoms with Crippen molar-refractivity contribution in [2.45, 2.75) is 58.2 Å². The molecule has 0 saturated heterocycles. The number of nitrogens with two attached hydrogens (primary N) is 1. The average Bonchev–Trinajstić information content (AvgIpc) is 2.59. The van der Waals surface area contributed by atoms with E-state index in [0.717, 1.165) is 0 Å². The van der Waals surface area contributed by atoms with Crippen molar-refractivity contribution in [1.29, 1.82) is 0 Å². The molecule has 4 atom stereocenters. The van der Waals surface area contributed by atoms with Gasteiger partial charge in [-0.1, -0.05) is 20.3 Å². The number of carbonyl (C=O) groups excluding carboxylic acids is 3. The molecule has 0 rings (SSSR count). The number of carboxylic acid groups (broad SMARTS) is 2. The normalized spacial score (nSPS) is 15.0. The molecule has 154 valence electrons. The van der Waals surface area contributed by atoms with Gasteiger partial charge in [0.2, 0.25) is 17.7 Å². The molecule has 7 N–H and O–H groups in total. The predicted octanol–water partition coefficient (Wildman–Crippen LogP) is -1.59. The van der Waals surface area contributed by atoms with Crippen molar-refractivity contribution in [3.8, 4) is 0 Å². The molecule has 0 aliphatic heterocycles. The number of hydrogen-bond acceptors (Lipinski definition) is 6. The van der Waals surface area contributed by atoms with Crippen LogP contribution in [0, 0.1) is 5.92 Å². The fourth-order valence-electron chi connectivity index (χ4n) is 2.03. The third-order valence-corrected chi connectivity index (χ3v) is 3.91. The second-order valence-electron chi connectivity index (χ2n) is 6.27. The minimum absolute atomic E-state index is 0.224. The van der Waals surface area contributed by atoms with Gasteiger partial charge in [0.1, 0.15) is 12.1 Å². The van der Waals surface area contributed by atoms with Crippen LogP contribution in [0.5, 0.6) is 0 Å². The lowest BCUT2D eigenvalue weighted by Gasteiger charge is -2.24. The third kappa shape index (κ3) is 9.54. The van der Waals surface area contributed by atoms with E-state index in [1.165, 1.54) is 6.92 Å². The van der Waals surface area contributed by atoms with E-state index in [9.17, 15) is 24.0 Å². The Morgan fingerprint density at radius 3 is 2.04 bits per heavy atom. The molecule has 0 heterocycles. The van der Waals surface area contributed by atoms with E-state index in [0.29, 0.717) is 6.42 Å². The summed E-state index contributed by atoms with van der Waals surface area (Å²) in [6.07, 6.45) is -0.132. The minimum atomic E-state index is -1.38. The summed E-state index contributed by atoms with van der Waals surface area (Å²) >= 11 is 0. The smallest absolute Gasteiger partial charge is 0.326 e. The number of amides is 3. The van der Waals surface area contributed by atoms with Gasteiger partial charge in [0, 0.05) is 6.42 Å². The maximum Gasteiger partial charge on any atom is 0.326 e. The standard InChI is InChI=1S/C16H28N4O7/c1-4-8(2)13(20-14(24)9(3)17)15(25)18-7-11(21)19-10(16(26)27)5-6-12(22)23/h8-10,13H,4-7,17H2,1-3H3,(H,18,25)(H,19,21)(H,20,24)(H,22,23)(H,26,27). The van der Waals surface area contributed by atoms with Crippen LogP contribution >= 0.6 is 0 Å². The number of nitrogens with one attached hydrogen (secondary N) is 3. The van der Waals surface area contributed by atoms with Crippen molar-refractivity contribution < 1.29 is 34.2 Å². The van der Waals surface area contributed by atoms with E-state index in [1.54, 1.807) is 6.92 Å². The highest BCUT2D eigenvalue weighted by molar-refractivity contribution is 5.92. The van der Waals surface area contributed by atoms with Crippen LogP contribution in [0.25, 0.3) is 0 Å². The second kappa shape index (κ2) is 11.8. The zero-order chi connectivity index (χ0) is 21.1. The molecule has 0 aliphatic carbocycles. The molecule has 0 bridgehead atoms. The van der Waals surface area contributed by atoms with Crippen molar-refractivity contribution in [2.24, 2.45) is 11.7 Å². The van der Waals surface area contributed by atoms with Gasteiger partial charge in [0.25, 0.3) is 0 Å². The van der Waals surface area contributed by atoms with Crippen LogP contribution in [0.3, 0.4) is 0 Å². The molecule has 0 radical (unpaired) electrons. The van der Waals surface area contributed by atoms with Crippen molar-refractivity contribution in [2.75, 3.05) is 6.54 Å². The molecule has 11 heteroatoms. The molecule has 0 aliphatic rings. The first-order valence-corrected chi connectivity index (χ1v) is 8.57. The Morgan fingerprint density at radius 1 is 1.00 bits per heavy atom. The largest absolute Gasteiger partial charge is 0.481 e. The van der Waals surface area contributed by atoms with Crippen molar-refractivity contribution in [3.63, 3.8) is 0 Å². The zero-order valence-corrected chi connectivity index (χ0v) is 15.7. The summed E-state index contributed by atoms with van der Waals surface area (Å²) < 4.78 is 0. The van der Waals surface area contributed by atoms with Crippen LogP contribution in [0.2, 0.25) is 0 Å². The van der Waals surface area contributed by atoms with E-state index >= 15 is 0 Å². The highest BCUT2D eigenvalue weighted by atomic mass is 16.4. The summed E-state index contributed by atoms with van der Waals surface area (Å²) in [4.78, 5) is 57.5. The highest BCUT2D eigenvalue weighted by Crippen LogP contribution is 2.08. The topological polar surface area (TPSA) is 188 Å². The van der Waals surface area contributed by atoms with Gasteiger partial charge in [-0.15, -0.1) is 0 Å². The Hall–Kier alpha value is -2.69. The molecule has 0 saturated carbocycles. The first kappa shape index (κ1) is 24.3. The first-order valence-electron chi connectivity index (χ1n) is 8.57. The van der Waals surface area contributed by atoms with Crippen LogP contribution in [0.1, 0.15) is 40.0 Å². The Bertz CT molecular complexity index is 565. The van der Waals surface area contributed by atoms with Crippen LogP contribution in [-0.2, 0) is 24.0 Å². The molecule has 4 unspecified atom stereocenters. The number of aliphatic carboxylic acids is 2. The summed E-state index contributed by atoms with van der Waals surface area (Å²) in [5.74, 6) is -4.70. The summed E-state index contributed by atoms with van der Waals surface area (Å²) in [6.45, 7) is 4.53. The third-order valence-electron chi connectivity index (χ3n) is 3.91. The summed E-state index contributed by atoms with van der Waals surface area (Å²) in [5.41, 5.74) is 5.48. The minimum Gasteiger partial charge on any atom is -0.481 e. The maximum atomic E-state index is 12.3. The maximum absolute atomic E-state index is 12.3. The molecule has 3 amide bonds. The Labute approximate surface area is 157 Å². The van der Waals surface area contributed by atoms with Gasteiger partial charge in [0.15, 0.2) is 0 Å². The molecular weight excluding hydrogens is 360 g/mol. The number of rotatable bonds is 12. The fourth-order valence-corrected chi connectivity index (χ4v) is 2.03. The highest BCUT2D eigenvalue weighted by Gasteiger charge is 2.27. The number of carbonyl (C=O) groups is 5. The predicted molar refractivity (Wildman–Crippen MR) is 94.5 cm³/mol. The van der Waals surface area contributed by atoms with Crippen molar-refractivity contribution >= 4 is 29.7 Å². The molecule has 11 nitrogen and oxygen atoms in total. The van der Waals surface area contributed by atoms with Gasteiger partial charge in [-0.3, -0.25) is 19.2 Å². The molecule has 0 spiro atoms. The van der Waals surface area contributed by atoms with Crippen LogP contribution in [0.15, 0.2) is 0 Å². The lowest BCUT2D eigenvalue weighted by molar-refractivity contribution is -0.143. The summed E-state index contributed by atoms with van der Waals surface area (Å²) in [5, 5.41) is 24.6. The number of hydrogen-bond donors (Lipinski definition) is 6. The van der Waals surface area contributed by atoms with E-state index in [-0.39, 0.29) is 12.3 Å². The Balaban J connectivity index is 4.76. The van der Waals surface area contributed by atoms with E-state index < -0.39 is 60.8 Å². The molecule has 27 heavy (non-hydrogen) atoms. The fraction of sp³-hybridized carbons (Fsp3) is 0.688. The van der Waals surface area contributed by atoms with Crippen molar-refractivity contribution in [1.82, 2.24) is 16.0 Å². The monoisotopic (exact) mass is 388 g/mol. The first-order chi connectivity index (χ1) is 12.5. The van der Waals surface area contributed by atoms with Gasteiger partial charge in [-0.25, -0.2) is 4.79 Å². The SMILES string of the molecule is CCC(C)C(NC(=O)C(C)N)C(=O)NCC(=O)NC(CCC(=O)O)C(=O)O. The Kier molecular flexibility index (Phi) is 10.7. The van der Waals surface area contributed by atoms with Gasteiger partial charge in [-0.2, -0.15) is 0 Å². The molecule has 0 fully saturated rings. The van der Waals surface area contributed by atoms with E-state index in [4.69, 9.17) is 15.9 Å². The average molecular weight is 388 g/mol. The van der Waals surface area contributed by atoms with Crippen LogP contribution in [0.4, 0.5) is 0 Å². The molecular formula is C16H28N4O7.